The molecule has 0 aliphatic carbocycles. The summed E-state index contributed by atoms with van der Waals surface area (Å²) in [5, 5.41) is 0.553. The van der Waals surface area contributed by atoms with Gasteiger partial charge in [-0.15, -0.1) is 0 Å². The van der Waals surface area contributed by atoms with Crippen molar-refractivity contribution in [1.29, 1.82) is 0 Å². The number of hydrogen-bond acceptors (Lipinski definition) is 2. The zero-order valence-electron chi connectivity index (χ0n) is 12.7. The van der Waals surface area contributed by atoms with Gasteiger partial charge in [-0.1, -0.05) is 55.8 Å². The van der Waals surface area contributed by atoms with Crippen LogP contribution >= 0.6 is 11.6 Å². The van der Waals surface area contributed by atoms with Gasteiger partial charge in [-0.05, 0) is 41.7 Å². The number of rotatable bonds is 6. The molecule has 0 amide bonds. The summed E-state index contributed by atoms with van der Waals surface area (Å²) in [6.45, 7) is 4.45. The highest BCUT2D eigenvalue weighted by Gasteiger charge is 2.14. The van der Waals surface area contributed by atoms with Crippen LogP contribution in [-0.4, -0.2) is 8.42 Å². The summed E-state index contributed by atoms with van der Waals surface area (Å²) in [5.74, 6) is 0.542. The largest absolute Gasteiger partial charge is 0.240 e. The van der Waals surface area contributed by atoms with Crippen molar-refractivity contribution in [3.05, 3.63) is 64.7 Å². The smallest absolute Gasteiger partial charge is 0.207 e. The van der Waals surface area contributed by atoms with Gasteiger partial charge in [0.05, 0.1) is 4.90 Å². The molecular formula is C17H20ClNO2S. The molecule has 5 heteroatoms. The molecule has 2 aromatic carbocycles. The topological polar surface area (TPSA) is 46.2 Å². The first-order chi connectivity index (χ1) is 10.4. The Balaban J connectivity index is 2.08. The molecule has 2 aromatic rings. The molecule has 0 aliphatic rings. The maximum atomic E-state index is 12.3. The van der Waals surface area contributed by atoms with Crippen molar-refractivity contribution in [3.63, 3.8) is 0 Å². The Bertz CT molecular complexity index is 725. The zero-order chi connectivity index (χ0) is 16.2. The molecule has 118 valence electrons. The van der Waals surface area contributed by atoms with Crippen LogP contribution in [0.3, 0.4) is 0 Å². The third-order valence-corrected chi connectivity index (χ3v) is 5.07. The predicted molar refractivity (Wildman–Crippen MR) is 90.5 cm³/mol. The summed E-state index contributed by atoms with van der Waals surface area (Å²) < 4.78 is 27.2. The van der Waals surface area contributed by atoms with Crippen molar-refractivity contribution >= 4 is 21.6 Å². The molecule has 0 aliphatic heterocycles. The van der Waals surface area contributed by atoms with Crippen LogP contribution in [0.25, 0.3) is 0 Å². The monoisotopic (exact) mass is 337 g/mol. The van der Waals surface area contributed by atoms with E-state index in [-0.39, 0.29) is 11.4 Å². The third-order valence-electron chi connectivity index (χ3n) is 3.29. The van der Waals surface area contributed by atoms with Crippen molar-refractivity contribution in [2.24, 2.45) is 5.92 Å². The van der Waals surface area contributed by atoms with Gasteiger partial charge in [0.1, 0.15) is 0 Å². The van der Waals surface area contributed by atoms with Gasteiger partial charge in [0, 0.05) is 11.6 Å². The van der Waals surface area contributed by atoms with Gasteiger partial charge in [-0.25, -0.2) is 13.1 Å². The number of nitrogens with one attached hydrogen (secondary N) is 1. The molecule has 0 radical (unpaired) electrons. The van der Waals surface area contributed by atoms with Crippen LogP contribution < -0.4 is 4.72 Å². The fraction of sp³-hybridized carbons (Fsp3) is 0.294. The molecule has 0 unspecified atom stereocenters. The van der Waals surface area contributed by atoms with E-state index in [2.05, 4.69) is 18.6 Å². The molecule has 0 bridgehead atoms. The van der Waals surface area contributed by atoms with E-state index in [4.69, 9.17) is 11.6 Å². The lowest BCUT2D eigenvalue weighted by atomic mass is 10.0. The van der Waals surface area contributed by atoms with Crippen molar-refractivity contribution in [1.82, 2.24) is 4.72 Å². The van der Waals surface area contributed by atoms with Crippen LogP contribution in [0.15, 0.2) is 53.4 Å². The lowest BCUT2D eigenvalue weighted by Crippen LogP contribution is -2.23. The van der Waals surface area contributed by atoms with Gasteiger partial charge in [0.2, 0.25) is 10.0 Å². The Morgan fingerprint density at radius 3 is 2.27 bits per heavy atom. The lowest BCUT2D eigenvalue weighted by molar-refractivity contribution is 0.581. The van der Waals surface area contributed by atoms with E-state index in [0.717, 1.165) is 17.5 Å². The fourth-order valence-corrected chi connectivity index (χ4v) is 3.38. The maximum Gasteiger partial charge on any atom is 0.240 e. The minimum absolute atomic E-state index is 0.176. The second kappa shape index (κ2) is 7.27. The second-order valence-electron chi connectivity index (χ2n) is 5.66. The third kappa shape index (κ3) is 4.57. The first-order valence-corrected chi connectivity index (χ1v) is 9.06. The summed E-state index contributed by atoms with van der Waals surface area (Å²) in [7, 11) is -3.53. The van der Waals surface area contributed by atoms with Crippen LogP contribution in [0.4, 0.5) is 0 Å². The van der Waals surface area contributed by atoms with Gasteiger partial charge in [0.25, 0.3) is 0 Å². The minimum Gasteiger partial charge on any atom is -0.207 e. The molecule has 0 fully saturated rings. The average molecular weight is 338 g/mol. The van der Waals surface area contributed by atoms with E-state index in [0.29, 0.717) is 10.9 Å². The summed E-state index contributed by atoms with van der Waals surface area (Å²) in [5.41, 5.74) is 1.89. The summed E-state index contributed by atoms with van der Waals surface area (Å²) in [4.78, 5) is 0.270. The first kappa shape index (κ1) is 17.0. The molecule has 2 rings (SSSR count). The molecule has 0 spiro atoms. The van der Waals surface area contributed by atoms with E-state index in [9.17, 15) is 8.42 Å². The van der Waals surface area contributed by atoms with Crippen molar-refractivity contribution in [2.45, 2.75) is 31.7 Å². The predicted octanol–water partition coefficient (Wildman–Crippen LogP) is 4.02. The average Bonchev–Trinajstić information content (AvgIpc) is 2.46. The minimum atomic E-state index is -3.53. The Morgan fingerprint density at radius 1 is 1.05 bits per heavy atom. The van der Waals surface area contributed by atoms with E-state index in [1.54, 1.807) is 24.3 Å². The van der Waals surface area contributed by atoms with Crippen LogP contribution in [0.5, 0.6) is 0 Å². The number of halogens is 1. The van der Waals surface area contributed by atoms with Gasteiger partial charge < -0.3 is 0 Å². The van der Waals surface area contributed by atoms with Gasteiger partial charge in [-0.3, -0.25) is 0 Å². The van der Waals surface area contributed by atoms with Crippen LogP contribution in [0.1, 0.15) is 25.0 Å². The van der Waals surface area contributed by atoms with Crippen LogP contribution in [-0.2, 0) is 23.0 Å². The SMILES string of the molecule is CC(C)Cc1ccc(S(=O)(=O)NCc2ccccc2Cl)cc1. The molecular weight excluding hydrogens is 318 g/mol. The highest BCUT2D eigenvalue weighted by atomic mass is 35.5. The highest BCUT2D eigenvalue weighted by molar-refractivity contribution is 7.89. The zero-order valence-corrected chi connectivity index (χ0v) is 14.3. The lowest BCUT2D eigenvalue weighted by Gasteiger charge is -2.09. The Hall–Kier alpha value is -1.36. The summed E-state index contributed by atoms with van der Waals surface area (Å²) >= 11 is 6.03. The van der Waals surface area contributed by atoms with Crippen molar-refractivity contribution < 1.29 is 8.42 Å². The number of hydrogen-bond donors (Lipinski definition) is 1. The Kier molecular flexibility index (Phi) is 5.62. The van der Waals surface area contributed by atoms with E-state index < -0.39 is 10.0 Å². The van der Waals surface area contributed by atoms with E-state index in [1.165, 1.54) is 0 Å². The fourth-order valence-electron chi connectivity index (χ4n) is 2.17. The van der Waals surface area contributed by atoms with E-state index >= 15 is 0 Å². The van der Waals surface area contributed by atoms with E-state index in [1.807, 2.05) is 24.3 Å². The molecule has 0 saturated heterocycles. The molecule has 3 nitrogen and oxygen atoms in total. The maximum absolute atomic E-state index is 12.3. The Labute approximate surface area is 137 Å². The highest BCUT2D eigenvalue weighted by Crippen LogP contribution is 2.17. The van der Waals surface area contributed by atoms with Gasteiger partial charge in [0.15, 0.2) is 0 Å². The summed E-state index contributed by atoms with van der Waals surface area (Å²) in [6.07, 6.45) is 0.938. The molecule has 0 aromatic heterocycles. The van der Waals surface area contributed by atoms with Gasteiger partial charge in [-0.2, -0.15) is 0 Å². The van der Waals surface area contributed by atoms with Crippen molar-refractivity contribution in [2.75, 3.05) is 0 Å². The van der Waals surface area contributed by atoms with Crippen LogP contribution in [0, 0.1) is 5.92 Å². The van der Waals surface area contributed by atoms with Crippen LogP contribution in [0.2, 0.25) is 5.02 Å². The second-order valence-corrected chi connectivity index (χ2v) is 7.83. The number of sulfonamides is 1. The standard InChI is InChI=1S/C17H20ClNO2S/c1-13(2)11-14-7-9-16(10-8-14)22(20,21)19-12-15-5-3-4-6-17(15)18/h3-10,13,19H,11-12H2,1-2H3. The molecule has 1 N–H and O–H groups in total. The molecule has 0 saturated carbocycles. The summed E-state index contributed by atoms with van der Waals surface area (Å²) in [6, 6.07) is 14.2. The molecule has 0 atom stereocenters. The molecule has 22 heavy (non-hydrogen) atoms. The van der Waals surface area contributed by atoms with Gasteiger partial charge >= 0.3 is 0 Å². The van der Waals surface area contributed by atoms with Crippen molar-refractivity contribution in [3.8, 4) is 0 Å². The quantitative estimate of drug-likeness (QED) is 0.865. The molecule has 0 heterocycles. The Morgan fingerprint density at radius 2 is 1.68 bits per heavy atom. The normalized spacial score (nSPS) is 11.8. The first-order valence-electron chi connectivity index (χ1n) is 7.20. The number of benzene rings is 2.